The first kappa shape index (κ1) is 20.3. The summed E-state index contributed by atoms with van der Waals surface area (Å²) in [6, 6.07) is 8.45. The average molecular weight is 415 g/mol. The van der Waals surface area contributed by atoms with E-state index in [1.54, 1.807) is 6.26 Å². The number of carbonyl (C=O) groups excluding carboxylic acids is 1. The minimum atomic E-state index is -0.993. The quantitative estimate of drug-likeness (QED) is 0.646. The second kappa shape index (κ2) is 8.79. The molecule has 1 amide bonds. The predicted octanol–water partition coefficient (Wildman–Crippen LogP) is 4.42. The van der Waals surface area contributed by atoms with Crippen LogP contribution >= 0.6 is 0 Å². The highest BCUT2D eigenvalue weighted by molar-refractivity contribution is 5.93. The van der Waals surface area contributed by atoms with E-state index in [4.69, 9.17) is 8.94 Å². The molecule has 1 unspecified atom stereocenters. The third-order valence-corrected chi connectivity index (χ3v) is 5.53. The van der Waals surface area contributed by atoms with Crippen molar-refractivity contribution in [3.8, 4) is 11.3 Å². The second-order valence-corrected chi connectivity index (χ2v) is 7.67. The maximum Gasteiger partial charge on any atom is 0.273 e. The third kappa shape index (κ3) is 4.43. The van der Waals surface area contributed by atoms with E-state index in [-0.39, 0.29) is 17.5 Å². The Hall–Kier alpha value is -3.00. The van der Waals surface area contributed by atoms with E-state index in [2.05, 4.69) is 22.3 Å². The van der Waals surface area contributed by atoms with E-state index < -0.39 is 17.5 Å². The summed E-state index contributed by atoms with van der Waals surface area (Å²) >= 11 is 0. The van der Waals surface area contributed by atoms with Crippen LogP contribution in [0.1, 0.15) is 42.1 Å². The van der Waals surface area contributed by atoms with Crippen LogP contribution < -0.4 is 5.32 Å². The van der Waals surface area contributed by atoms with Crippen molar-refractivity contribution in [2.45, 2.75) is 25.8 Å². The number of nitrogens with zero attached hydrogens (tertiary/aromatic N) is 2. The first-order valence-electron chi connectivity index (χ1n) is 9.99. The number of nitrogens with one attached hydrogen (secondary N) is 1. The second-order valence-electron chi connectivity index (χ2n) is 7.67. The van der Waals surface area contributed by atoms with Gasteiger partial charge in [0.25, 0.3) is 5.91 Å². The van der Waals surface area contributed by atoms with Gasteiger partial charge in [0.2, 0.25) is 0 Å². The lowest BCUT2D eigenvalue weighted by molar-refractivity contribution is 0.0887. The van der Waals surface area contributed by atoms with Crippen molar-refractivity contribution in [1.82, 2.24) is 15.4 Å². The molecule has 0 bridgehead atoms. The molecule has 1 aromatic carbocycles. The van der Waals surface area contributed by atoms with Crippen molar-refractivity contribution in [3.63, 3.8) is 0 Å². The molecular weight excluding hydrogens is 392 g/mol. The first-order valence-corrected chi connectivity index (χ1v) is 9.99. The summed E-state index contributed by atoms with van der Waals surface area (Å²) < 4.78 is 37.3. The van der Waals surface area contributed by atoms with E-state index in [0.717, 1.165) is 43.8 Å². The molecule has 30 heavy (non-hydrogen) atoms. The van der Waals surface area contributed by atoms with Crippen molar-refractivity contribution in [2.24, 2.45) is 5.92 Å². The van der Waals surface area contributed by atoms with Crippen LogP contribution in [0.5, 0.6) is 0 Å². The number of carbonyl (C=O) groups is 1. The Labute approximate surface area is 172 Å². The summed E-state index contributed by atoms with van der Waals surface area (Å²) in [5, 5.41) is 6.65. The molecule has 8 heteroatoms. The molecule has 1 fully saturated rings. The molecular formula is C22H23F2N3O3. The topological polar surface area (TPSA) is 71.5 Å². The number of hydrogen-bond donors (Lipinski definition) is 1. The Morgan fingerprint density at radius 2 is 2.03 bits per heavy atom. The highest BCUT2D eigenvalue weighted by Crippen LogP contribution is 2.27. The smallest absolute Gasteiger partial charge is 0.273 e. The minimum absolute atomic E-state index is 0.0696. The van der Waals surface area contributed by atoms with E-state index in [1.165, 1.54) is 12.1 Å². The molecule has 0 radical (unpaired) electrons. The summed E-state index contributed by atoms with van der Waals surface area (Å²) in [5.41, 5.74) is 0.372. The van der Waals surface area contributed by atoms with Gasteiger partial charge in [-0.15, -0.1) is 0 Å². The number of likely N-dealkylation sites (tertiary alicyclic amines) is 1. The van der Waals surface area contributed by atoms with Crippen LogP contribution in [-0.4, -0.2) is 35.6 Å². The predicted molar refractivity (Wildman–Crippen MR) is 106 cm³/mol. The highest BCUT2D eigenvalue weighted by atomic mass is 19.2. The number of benzene rings is 1. The molecule has 6 nitrogen and oxygen atoms in total. The number of amides is 1. The van der Waals surface area contributed by atoms with Crippen LogP contribution in [0.15, 0.2) is 51.6 Å². The fourth-order valence-electron chi connectivity index (χ4n) is 3.68. The zero-order chi connectivity index (χ0) is 21.1. The summed E-state index contributed by atoms with van der Waals surface area (Å²) in [4.78, 5) is 14.9. The Morgan fingerprint density at radius 3 is 2.73 bits per heavy atom. The lowest BCUT2D eigenvalue weighted by Gasteiger charge is -2.35. The largest absolute Gasteiger partial charge is 0.468 e. The normalized spacial score (nSPS) is 16.5. The van der Waals surface area contributed by atoms with Crippen molar-refractivity contribution in [1.29, 1.82) is 0 Å². The van der Waals surface area contributed by atoms with E-state index in [9.17, 15) is 13.6 Å². The fourth-order valence-corrected chi connectivity index (χ4v) is 3.68. The Balaban J connectivity index is 1.43. The van der Waals surface area contributed by atoms with Crippen LogP contribution in [0.3, 0.4) is 0 Å². The minimum Gasteiger partial charge on any atom is -0.468 e. The van der Waals surface area contributed by atoms with Crippen molar-refractivity contribution in [3.05, 3.63) is 65.7 Å². The summed E-state index contributed by atoms with van der Waals surface area (Å²) in [6.45, 7) is 4.48. The van der Waals surface area contributed by atoms with Gasteiger partial charge in [-0.2, -0.15) is 0 Å². The Bertz CT molecular complexity index is 995. The summed E-state index contributed by atoms with van der Waals surface area (Å²) in [7, 11) is 0. The van der Waals surface area contributed by atoms with Crippen LogP contribution in [0.25, 0.3) is 11.3 Å². The molecule has 2 aromatic heterocycles. The molecule has 1 aliphatic heterocycles. The van der Waals surface area contributed by atoms with Crippen LogP contribution in [0.4, 0.5) is 8.78 Å². The van der Waals surface area contributed by atoms with E-state index >= 15 is 0 Å². The average Bonchev–Trinajstić information content (AvgIpc) is 3.44. The van der Waals surface area contributed by atoms with Gasteiger partial charge in [-0.25, -0.2) is 8.78 Å². The Morgan fingerprint density at radius 1 is 1.23 bits per heavy atom. The van der Waals surface area contributed by atoms with E-state index in [1.807, 2.05) is 12.1 Å². The first-order chi connectivity index (χ1) is 14.5. The number of aromatic nitrogens is 1. The van der Waals surface area contributed by atoms with Gasteiger partial charge >= 0.3 is 0 Å². The third-order valence-electron chi connectivity index (χ3n) is 5.53. The number of furan rings is 1. The molecule has 1 atom stereocenters. The molecule has 1 aliphatic rings. The molecule has 0 spiro atoms. The standard InChI is InChI=1S/C22H23F2N3O3/c1-14-6-8-27(9-7-14)19(20-3-2-10-29-20)13-25-22(28)18-12-21(30-26-18)15-4-5-16(23)17(24)11-15/h2-5,10-12,14,19H,6-9,13H2,1H3,(H,25,28). The summed E-state index contributed by atoms with van der Waals surface area (Å²) in [5.74, 6) is -0.675. The molecule has 0 saturated carbocycles. The molecule has 3 aromatic rings. The van der Waals surface area contributed by atoms with Gasteiger partial charge < -0.3 is 14.3 Å². The van der Waals surface area contributed by atoms with Crippen LogP contribution in [0, 0.1) is 17.6 Å². The lowest BCUT2D eigenvalue weighted by atomic mass is 9.97. The fraction of sp³-hybridized carbons (Fsp3) is 0.364. The van der Waals surface area contributed by atoms with Crippen molar-refractivity contribution < 1.29 is 22.5 Å². The van der Waals surface area contributed by atoms with Gasteiger partial charge in [0.1, 0.15) is 5.76 Å². The number of piperidine rings is 1. The van der Waals surface area contributed by atoms with Gasteiger partial charge in [-0.05, 0) is 62.2 Å². The van der Waals surface area contributed by atoms with Gasteiger partial charge in [-0.3, -0.25) is 9.69 Å². The molecule has 3 heterocycles. The Kier molecular flexibility index (Phi) is 5.94. The zero-order valence-electron chi connectivity index (χ0n) is 16.6. The van der Waals surface area contributed by atoms with Gasteiger partial charge in [0, 0.05) is 18.2 Å². The summed E-state index contributed by atoms with van der Waals surface area (Å²) in [6.07, 6.45) is 3.83. The highest BCUT2D eigenvalue weighted by Gasteiger charge is 2.27. The van der Waals surface area contributed by atoms with E-state index in [0.29, 0.717) is 18.0 Å². The number of rotatable bonds is 6. The van der Waals surface area contributed by atoms with Gasteiger partial charge in [-0.1, -0.05) is 12.1 Å². The molecule has 4 rings (SSSR count). The molecule has 1 saturated heterocycles. The molecule has 0 aliphatic carbocycles. The van der Waals surface area contributed by atoms with Gasteiger partial charge in [0.15, 0.2) is 23.1 Å². The van der Waals surface area contributed by atoms with Gasteiger partial charge in [0.05, 0.1) is 12.3 Å². The molecule has 1 N–H and O–H groups in total. The SMILES string of the molecule is CC1CCN(C(CNC(=O)c2cc(-c3ccc(F)c(F)c3)on2)c2ccco2)CC1. The maximum atomic E-state index is 13.4. The van der Waals surface area contributed by atoms with Crippen molar-refractivity contribution in [2.75, 3.05) is 19.6 Å². The molecule has 158 valence electrons. The monoisotopic (exact) mass is 415 g/mol. The zero-order valence-corrected chi connectivity index (χ0v) is 16.6. The lowest BCUT2D eigenvalue weighted by Crippen LogP contribution is -2.41. The van der Waals surface area contributed by atoms with Crippen LogP contribution in [-0.2, 0) is 0 Å². The van der Waals surface area contributed by atoms with Crippen molar-refractivity contribution >= 4 is 5.91 Å². The number of hydrogen-bond acceptors (Lipinski definition) is 5. The van der Waals surface area contributed by atoms with Crippen LogP contribution in [0.2, 0.25) is 0 Å². The number of halogens is 2. The maximum absolute atomic E-state index is 13.4.